The lowest BCUT2D eigenvalue weighted by Crippen LogP contribution is -2.74. The quantitative estimate of drug-likeness (QED) is 0.472. The summed E-state index contributed by atoms with van der Waals surface area (Å²) < 4.78 is 5.78. The summed E-state index contributed by atoms with van der Waals surface area (Å²) in [5.74, 6) is 0.878. The molecule has 2 fully saturated rings. The lowest BCUT2D eigenvalue weighted by atomic mass is 9.80. The second-order valence-electron chi connectivity index (χ2n) is 10.3. The third-order valence-corrected chi connectivity index (χ3v) is 7.37. The molecule has 0 aliphatic carbocycles. The second-order valence-corrected chi connectivity index (χ2v) is 10.3. The molecule has 2 saturated heterocycles. The zero-order chi connectivity index (χ0) is 25.7. The Morgan fingerprint density at radius 2 is 1.79 bits per heavy atom. The third kappa shape index (κ3) is 6.97. The summed E-state index contributed by atoms with van der Waals surface area (Å²) in [6.45, 7) is 8.45. The first-order valence-electron chi connectivity index (χ1n) is 13.0. The fraction of sp³-hybridized carbons (Fsp3) is 0.536. The number of aliphatic hydroxyl groups is 1. The lowest BCUT2D eigenvalue weighted by Gasteiger charge is -2.52. The predicted octanol–water partition coefficient (Wildman–Crippen LogP) is 4.20. The van der Waals surface area contributed by atoms with Gasteiger partial charge in [-0.3, -0.25) is 14.5 Å². The number of piperazine rings is 1. The third-order valence-electron chi connectivity index (χ3n) is 7.37. The van der Waals surface area contributed by atoms with Gasteiger partial charge in [-0.05, 0) is 42.9 Å². The standard InChI is InChI=1S/C28H38N4O4.2ClH/c1-4-5-15-32-26(34)24(25(33)20(2)3)30-27(35)28(32)13-16-31(17-14-28)19-21-11-12-23(29-18-21)36-22-9-7-6-8-10-22;;/h6-12,18,20,24-25,33H,4-5,13-17,19H2,1-3H3,(H,30,35);2*1H/t24-,25-;;/m0../s1. The highest BCUT2D eigenvalue weighted by Gasteiger charge is 2.54. The van der Waals surface area contributed by atoms with Crippen LogP contribution in [0.1, 0.15) is 52.0 Å². The molecule has 2 aromatic rings. The van der Waals surface area contributed by atoms with E-state index in [1.54, 1.807) is 4.90 Å². The molecule has 0 bridgehead atoms. The van der Waals surface area contributed by atoms with Gasteiger partial charge in [0, 0.05) is 38.4 Å². The van der Waals surface area contributed by atoms with E-state index in [2.05, 4.69) is 22.1 Å². The number of carbonyl (C=O) groups is 2. The van der Waals surface area contributed by atoms with Crippen LogP contribution in [0.3, 0.4) is 0 Å². The number of carbonyl (C=O) groups excluding carboxylic acids is 2. The fourth-order valence-corrected chi connectivity index (χ4v) is 5.11. The highest BCUT2D eigenvalue weighted by molar-refractivity contribution is 6.00. The van der Waals surface area contributed by atoms with Crippen molar-refractivity contribution in [1.82, 2.24) is 20.1 Å². The van der Waals surface area contributed by atoms with Crippen molar-refractivity contribution in [3.8, 4) is 11.6 Å². The number of hydrogen-bond acceptors (Lipinski definition) is 6. The van der Waals surface area contributed by atoms with Crippen molar-refractivity contribution < 1.29 is 19.4 Å². The highest BCUT2D eigenvalue weighted by atomic mass is 35.5. The number of nitrogens with one attached hydrogen (secondary N) is 1. The molecule has 0 saturated carbocycles. The molecule has 10 heteroatoms. The highest BCUT2D eigenvalue weighted by Crippen LogP contribution is 2.35. The molecule has 210 valence electrons. The first-order valence-corrected chi connectivity index (χ1v) is 13.0. The van der Waals surface area contributed by atoms with Gasteiger partial charge in [-0.1, -0.05) is 51.5 Å². The van der Waals surface area contributed by atoms with Gasteiger partial charge in [0.25, 0.3) is 0 Å². The Morgan fingerprint density at radius 3 is 2.37 bits per heavy atom. The van der Waals surface area contributed by atoms with Crippen LogP contribution < -0.4 is 10.1 Å². The first kappa shape index (κ1) is 31.8. The Bertz CT molecular complexity index is 1030. The molecule has 38 heavy (non-hydrogen) atoms. The maximum Gasteiger partial charge on any atom is 0.248 e. The summed E-state index contributed by atoms with van der Waals surface area (Å²) in [5, 5.41) is 13.5. The van der Waals surface area contributed by atoms with E-state index in [0.717, 1.165) is 24.2 Å². The SMILES string of the molecule is CCCCN1C(=O)[C@H]([C@@H](O)C(C)C)NC(=O)C12CCN(Cc1ccc(Oc3ccccc3)nc1)CC2.Cl.Cl. The van der Waals surface area contributed by atoms with E-state index >= 15 is 0 Å². The summed E-state index contributed by atoms with van der Waals surface area (Å²) in [4.78, 5) is 35.4. The Kier molecular flexibility index (Phi) is 11.8. The van der Waals surface area contributed by atoms with E-state index in [-0.39, 0.29) is 42.5 Å². The van der Waals surface area contributed by atoms with Crippen molar-refractivity contribution in [2.24, 2.45) is 5.92 Å². The number of likely N-dealkylation sites (tertiary alicyclic amines) is 1. The molecule has 2 N–H and O–H groups in total. The zero-order valence-electron chi connectivity index (χ0n) is 22.3. The minimum Gasteiger partial charge on any atom is -0.439 e. The van der Waals surface area contributed by atoms with Gasteiger partial charge < -0.3 is 20.1 Å². The van der Waals surface area contributed by atoms with Crippen LogP contribution in [0.15, 0.2) is 48.7 Å². The van der Waals surface area contributed by atoms with Crippen LogP contribution >= 0.6 is 24.8 Å². The summed E-state index contributed by atoms with van der Waals surface area (Å²) >= 11 is 0. The predicted molar refractivity (Wildman–Crippen MR) is 152 cm³/mol. The Hall–Kier alpha value is -2.39. The molecule has 0 radical (unpaired) electrons. The number of unbranched alkanes of at least 4 members (excludes halogenated alkanes) is 1. The molecule has 1 aromatic heterocycles. The number of nitrogens with zero attached hydrogens (tertiary/aromatic N) is 3. The van der Waals surface area contributed by atoms with E-state index in [4.69, 9.17) is 4.74 Å². The number of hydrogen-bond donors (Lipinski definition) is 2. The van der Waals surface area contributed by atoms with E-state index in [0.29, 0.717) is 44.9 Å². The van der Waals surface area contributed by atoms with Crippen LogP contribution in [0.4, 0.5) is 0 Å². The van der Waals surface area contributed by atoms with Crippen LogP contribution in [-0.4, -0.2) is 69.0 Å². The number of benzene rings is 1. The first-order chi connectivity index (χ1) is 17.3. The van der Waals surface area contributed by atoms with Crippen LogP contribution in [0.2, 0.25) is 0 Å². The minimum atomic E-state index is -0.899. The number of halogens is 2. The van der Waals surface area contributed by atoms with Crippen molar-refractivity contribution in [2.45, 2.75) is 70.7 Å². The van der Waals surface area contributed by atoms with Crippen molar-refractivity contribution in [3.63, 3.8) is 0 Å². The minimum absolute atomic E-state index is 0. The topological polar surface area (TPSA) is 95.0 Å². The molecule has 2 amide bonds. The molecule has 3 heterocycles. The van der Waals surface area contributed by atoms with E-state index in [1.807, 2.05) is 62.5 Å². The molecule has 1 spiro atoms. The molecule has 2 aliphatic heterocycles. The van der Waals surface area contributed by atoms with E-state index < -0.39 is 17.7 Å². The number of rotatable bonds is 9. The molecular weight excluding hydrogens is 527 g/mol. The van der Waals surface area contributed by atoms with Crippen molar-refractivity contribution in [3.05, 3.63) is 54.2 Å². The number of pyridine rings is 1. The van der Waals surface area contributed by atoms with Crippen molar-refractivity contribution in [1.29, 1.82) is 0 Å². The number of amides is 2. The van der Waals surface area contributed by atoms with Crippen molar-refractivity contribution >= 4 is 36.6 Å². The Balaban J connectivity index is 0.00000253. The monoisotopic (exact) mass is 566 g/mol. The van der Waals surface area contributed by atoms with Gasteiger partial charge in [-0.2, -0.15) is 0 Å². The van der Waals surface area contributed by atoms with Crippen LogP contribution in [0.5, 0.6) is 11.6 Å². The Labute approximate surface area is 238 Å². The largest absolute Gasteiger partial charge is 0.439 e. The van der Waals surface area contributed by atoms with Crippen molar-refractivity contribution in [2.75, 3.05) is 19.6 Å². The van der Waals surface area contributed by atoms with Crippen LogP contribution in [0, 0.1) is 5.92 Å². The average Bonchev–Trinajstić information content (AvgIpc) is 2.89. The maximum absolute atomic E-state index is 13.4. The number of aliphatic hydroxyl groups excluding tert-OH is 1. The molecule has 0 unspecified atom stereocenters. The summed E-state index contributed by atoms with van der Waals surface area (Å²) in [6.07, 6.45) is 3.83. The van der Waals surface area contributed by atoms with Crippen LogP contribution in [-0.2, 0) is 16.1 Å². The molecular formula is C28H40Cl2N4O4. The molecule has 4 rings (SSSR count). The summed E-state index contributed by atoms with van der Waals surface area (Å²) in [6, 6.07) is 12.6. The van der Waals surface area contributed by atoms with Gasteiger partial charge in [-0.15, -0.1) is 24.8 Å². The van der Waals surface area contributed by atoms with E-state index in [1.165, 1.54) is 0 Å². The second kappa shape index (κ2) is 14.1. The molecule has 1 aromatic carbocycles. The maximum atomic E-state index is 13.4. The number of aromatic nitrogens is 1. The number of para-hydroxylation sites is 1. The molecule has 2 aliphatic rings. The van der Waals surface area contributed by atoms with Gasteiger partial charge in [0.2, 0.25) is 17.7 Å². The zero-order valence-corrected chi connectivity index (χ0v) is 24.0. The lowest BCUT2D eigenvalue weighted by molar-refractivity contribution is -0.165. The Morgan fingerprint density at radius 1 is 1.11 bits per heavy atom. The van der Waals surface area contributed by atoms with Gasteiger partial charge in [0.1, 0.15) is 17.3 Å². The number of ether oxygens (including phenoxy) is 1. The summed E-state index contributed by atoms with van der Waals surface area (Å²) in [7, 11) is 0. The smallest absolute Gasteiger partial charge is 0.248 e. The van der Waals surface area contributed by atoms with Gasteiger partial charge in [0.15, 0.2) is 0 Å². The van der Waals surface area contributed by atoms with Gasteiger partial charge >= 0.3 is 0 Å². The van der Waals surface area contributed by atoms with Crippen LogP contribution in [0.25, 0.3) is 0 Å². The molecule has 8 nitrogen and oxygen atoms in total. The number of piperidine rings is 1. The average molecular weight is 568 g/mol. The van der Waals surface area contributed by atoms with Gasteiger partial charge in [-0.25, -0.2) is 4.98 Å². The van der Waals surface area contributed by atoms with Gasteiger partial charge in [0.05, 0.1) is 6.10 Å². The van der Waals surface area contributed by atoms with E-state index in [9.17, 15) is 14.7 Å². The fourth-order valence-electron chi connectivity index (χ4n) is 5.11. The molecule has 2 atom stereocenters. The normalized spacial score (nSPS) is 19.9. The summed E-state index contributed by atoms with van der Waals surface area (Å²) in [5.41, 5.74) is 0.222.